The lowest BCUT2D eigenvalue weighted by molar-refractivity contribution is 0.0711. The lowest BCUT2D eigenvalue weighted by Crippen LogP contribution is -2.46. The number of nitrogens with zero attached hydrogens (tertiary/aromatic N) is 1. The quantitative estimate of drug-likeness (QED) is 0.669. The number of piperidine rings is 1. The van der Waals surface area contributed by atoms with E-state index in [9.17, 15) is 17.6 Å². The number of benzene rings is 2. The minimum atomic E-state index is -3.76. The number of methoxy groups -OCH3 is 1. The largest absolute Gasteiger partial charge is 0.493 e. The fraction of sp³-hybridized carbons (Fsp3) is 0.381. The molecule has 0 aromatic heterocycles. The molecule has 1 aliphatic heterocycles. The van der Waals surface area contributed by atoms with Gasteiger partial charge < -0.3 is 14.4 Å². The number of ether oxygens (including phenoxy) is 2. The summed E-state index contributed by atoms with van der Waals surface area (Å²) in [4.78, 5) is 14.6. The van der Waals surface area contributed by atoms with Crippen LogP contribution in [0.3, 0.4) is 0 Å². The molecule has 0 saturated carbocycles. The molecule has 0 atom stereocenters. The Morgan fingerprint density at radius 2 is 1.87 bits per heavy atom. The first kappa shape index (κ1) is 23.3. The van der Waals surface area contributed by atoms with E-state index in [0.29, 0.717) is 49.6 Å². The minimum Gasteiger partial charge on any atom is -0.493 e. The first-order valence-corrected chi connectivity index (χ1v) is 11.7. The zero-order valence-corrected chi connectivity index (χ0v) is 18.8. The highest BCUT2D eigenvalue weighted by molar-refractivity contribution is 7.89. The molecule has 0 bridgehead atoms. The van der Waals surface area contributed by atoms with Crippen molar-refractivity contribution in [1.29, 1.82) is 0 Å². The molecular formula is C21H24ClFN2O5S. The van der Waals surface area contributed by atoms with Gasteiger partial charge in [0, 0.05) is 24.7 Å². The van der Waals surface area contributed by atoms with Crippen molar-refractivity contribution in [3.63, 3.8) is 0 Å². The Morgan fingerprint density at radius 3 is 2.45 bits per heavy atom. The molecule has 7 nitrogen and oxygen atoms in total. The molecule has 168 valence electrons. The highest BCUT2D eigenvalue weighted by atomic mass is 35.5. The van der Waals surface area contributed by atoms with Crippen LogP contribution in [0.5, 0.6) is 11.5 Å². The maximum absolute atomic E-state index is 13.0. The molecule has 0 aliphatic carbocycles. The summed E-state index contributed by atoms with van der Waals surface area (Å²) in [5, 5.41) is 0.284. The summed E-state index contributed by atoms with van der Waals surface area (Å²) >= 11 is 6.26. The Morgan fingerprint density at radius 1 is 1.23 bits per heavy atom. The fourth-order valence-corrected chi connectivity index (χ4v) is 4.98. The third-order valence-electron chi connectivity index (χ3n) is 4.99. The van der Waals surface area contributed by atoms with Crippen LogP contribution in [-0.2, 0) is 10.0 Å². The van der Waals surface area contributed by atoms with E-state index in [4.69, 9.17) is 21.1 Å². The van der Waals surface area contributed by atoms with Gasteiger partial charge in [0.1, 0.15) is 5.82 Å². The molecule has 1 fully saturated rings. The van der Waals surface area contributed by atoms with Crippen molar-refractivity contribution < 1.29 is 27.1 Å². The molecule has 1 saturated heterocycles. The van der Waals surface area contributed by atoms with E-state index in [-0.39, 0.29) is 21.9 Å². The van der Waals surface area contributed by atoms with Crippen LogP contribution in [0, 0.1) is 5.82 Å². The summed E-state index contributed by atoms with van der Waals surface area (Å²) in [5.41, 5.74) is 0.371. The van der Waals surface area contributed by atoms with Gasteiger partial charge in [-0.1, -0.05) is 11.6 Å². The second kappa shape index (κ2) is 9.84. The summed E-state index contributed by atoms with van der Waals surface area (Å²) in [6.45, 7) is 2.99. The van der Waals surface area contributed by atoms with Gasteiger partial charge in [-0.3, -0.25) is 4.79 Å². The topological polar surface area (TPSA) is 84.9 Å². The van der Waals surface area contributed by atoms with Crippen molar-refractivity contribution >= 4 is 27.5 Å². The maximum Gasteiger partial charge on any atom is 0.254 e. The Labute approximate surface area is 186 Å². The lowest BCUT2D eigenvalue weighted by atomic mass is 10.0. The van der Waals surface area contributed by atoms with Gasteiger partial charge >= 0.3 is 0 Å². The number of hydrogen-bond acceptors (Lipinski definition) is 5. The second-order valence-corrected chi connectivity index (χ2v) is 9.19. The SMILES string of the molecule is CCOc1c(Cl)cc(C(=O)N2CCC(NS(=O)(=O)c3ccc(F)cc3)CC2)cc1OC. The van der Waals surface area contributed by atoms with Crippen LogP contribution in [0.2, 0.25) is 5.02 Å². The van der Waals surface area contributed by atoms with Crippen LogP contribution in [0.1, 0.15) is 30.1 Å². The smallest absolute Gasteiger partial charge is 0.254 e. The standard InChI is InChI=1S/C21H24ClFN2O5S/c1-3-30-20-18(22)12-14(13-19(20)29-2)21(26)25-10-8-16(9-11-25)24-31(27,28)17-6-4-15(23)5-7-17/h4-7,12-13,16,24H,3,8-11H2,1-2H3. The number of rotatable bonds is 7. The average molecular weight is 471 g/mol. The average Bonchev–Trinajstić information content (AvgIpc) is 2.75. The lowest BCUT2D eigenvalue weighted by Gasteiger charge is -2.32. The van der Waals surface area contributed by atoms with Crippen LogP contribution in [0.4, 0.5) is 4.39 Å². The Balaban J connectivity index is 1.65. The normalized spacial score (nSPS) is 15.0. The second-order valence-electron chi connectivity index (χ2n) is 7.06. The van der Waals surface area contributed by atoms with E-state index in [1.807, 2.05) is 6.92 Å². The zero-order chi connectivity index (χ0) is 22.6. The number of carbonyl (C=O) groups excluding carboxylic acids is 1. The summed E-state index contributed by atoms with van der Waals surface area (Å²) in [5.74, 6) is 0.0386. The molecule has 2 aromatic rings. The molecule has 1 aliphatic rings. The van der Waals surface area contributed by atoms with Crippen molar-refractivity contribution in [2.45, 2.75) is 30.7 Å². The van der Waals surface area contributed by atoms with Crippen molar-refractivity contribution in [2.24, 2.45) is 0 Å². The van der Waals surface area contributed by atoms with Crippen molar-refractivity contribution in [3.05, 3.63) is 52.8 Å². The van der Waals surface area contributed by atoms with Gasteiger partial charge in [0.2, 0.25) is 10.0 Å². The van der Waals surface area contributed by atoms with E-state index < -0.39 is 15.8 Å². The number of amides is 1. The molecule has 1 heterocycles. The first-order valence-electron chi connectivity index (χ1n) is 9.82. The van der Waals surface area contributed by atoms with Crippen LogP contribution in [-0.4, -0.2) is 52.1 Å². The summed E-state index contributed by atoms with van der Waals surface area (Å²) in [6, 6.07) is 7.46. The summed E-state index contributed by atoms with van der Waals surface area (Å²) in [6.07, 6.45) is 0.905. The van der Waals surface area contributed by atoms with Crippen LogP contribution in [0.25, 0.3) is 0 Å². The minimum absolute atomic E-state index is 0.00327. The number of hydrogen-bond donors (Lipinski definition) is 1. The van der Waals surface area contributed by atoms with E-state index in [2.05, 4.69) is 4.72 Å². The van der Waals surface area contributed by atoms with Gasteiger partial charge in [0.15, 0.2) is 11.5 Å². The third kappa shape index (κ3) is 5.47. The molecule has 0 radical (unpaired) electrons. The van der Waals surface area contributed by atoms with Gasteiger partial charge in [-0.2, -0.15) is 0 Å². The predicted molar refractivity (Wildman–Crippen MR) is 115 cm³/mol. The van der Waals surface area contributed by atoms with Gasteiger partial charge in [0.25, 0.3) is 5.91 Å². The first-order chi connectivity index (χ1) is 14.7. The Kier molecular flexibility index (Phi) is 7.40. The molecular weight excluding hydrogens is 447 g/mol. The highest BCUT2D eigenvalue weighted by Gasteiger charge is 2.28. The molecule has 0 unspecified atom stereocenters. The van der Waals surface area contributed by atoms with Crippen molar-refractivity contribution in [3.8, 4) is 11.5 Å². The number of halogens is 2. The van der Waals surface area contributed by atoms with E-state index in [0.717, 1.165) is 12.1 Å². The van der Waals surface area contributed by atoms with E-state index in [1.54, 1.807) is 17.0 Å². The molecule has 31 heavy (non-hydrogen) atoms. The van der Waals surface area contributed by atoms with Crippen molar-refractivity contribution in [1.82, 2.24) is 9.62 Å². The molecule has 2 aromatic carbocycles. The molecule has 1 amide bonds. The van der Waals surface area contributed by atoms with Crippen molar-refractivity contribution in [2.75, 3.05) is 26.8 Å². The number of carbonyl (C=O) groups is 1. The zero-order valence-electron chi connectivity index (χ0n) is 17.2. The van der Waals surface area contributed by atoms with Gasteiger partial charge in [0.05, 0.1) is 23.6 Å². The molecule has 1 N–H and O–H groups in total. The van der Waals surface area contributed by atoms with Crippen LogP contribution < -0.4 is 14.2 Å². The van der Waals surface area contributed by atoms with Crippen LogP contribution >= 0.6 is 11.6 Å². The number of sulfonamides is 1. The summed E-state index contributed by atoms with van der Waals surface area (Å²) in [7, 11) is -2.29. The van der Waals surface area contributed by atoms with E-state index >= 15 is 0 Å². The van der Waals surface area contributed by atoms with Crippen LogP contribution in [0.15, 0.2) is 41.3 Å². The monoisotopic (exact) mass is 470 g/mol. The maximum atomic E-state index is 13.0. The summed E-state index contributed by atoms with van der Waals surface area (Å²) < 4.78 is 51.4. The molecule has 0 spiro atoms. The van der Waals surface area contributed by atoms with Gasteiger partial charge in [-0.25, -0.2) is 17.5 Å². The fourth-order valence-electron chi connectivity index (χ4n) is 3.41. The van der Waals surface area contributed by atoms with Gasteiger partial charge in [-0.05, 0) is 56.2 Å². The number of likely N-dealkylation sites (tertiary alicyclic amines) is 1. The highest BCUT2D eigenvalue weighted by Crippen LogP contribution is 2.37. The third-order valence-corrected chi connectivity index (χ3v) is 6.81. The Hall–Kier alpha value is -2.36. The predicted octanol–water partition coefficient (Wildman–Crippen LogP) is 3.47. The molecule has 10 heteroatoms. The Bertz CT molecular complexity index is 1040. The molecule has 3 rings (SSSR count). The van der Waals surface area contributed by atoms with E-state index in [1.165, 1.54) is 19.2 Å². The number of nitrogens with one attached hydrogen (secondary N) is 1. The van der Waals surface area contributed by atoms with Gasteiger partial charge in [-0.15, -0.1) is 0 Å².